The highest BCUT2D eigenvalue weighted by molar-refractivity contribution is 5.86. The van der Waals surface area contributed by atoms with Gasteiger partial charge in [0.2, 0.25) is 0 Å². The largest absolute Gasteiger partial charge is 0.468 e. The molecule has 41 heavy (non-hydrogen) atoms. The van der Waals surface area contributed by atoms with Gasteiger partial charge in [0.05, 0.1) is 18.8 Å². The van der Waals surface area contributed by atoms with E-state index in [1.54, 1.807) is 6.92 Å². The first-order valence-corrected chi connectivity index (χ1v) is 13.8. The fourth-order valence-corrected chi connectivity index (χ4v) is 6.15. The van der Waals surface area contributed by atoms with E-state index in [1.807, 2.05) is 91.1 Å². The maximum Gasteiger partial charge on any atom is 0.328 e. The standard InChI is InChI=1S/C35H33N3O3/c1-25(39)32-36-30(23-34(33(40)41-2)31(37-34)26-15-7-3-8-16-26)24-38(32)35(27-17-9-4-10-18-27,28-19-11-5-12-20-28)29-21-13-6-14-22-29/h3-22,24-25,31,37,39H,23H2,1-2H3/t25?,31?,34-/m1/s1. The van der Waals surface area contributed by atoms with Crippen LogP contribution in [0.25, 0.3) is 0 Å². The number of nitrogens with zero attached hydrogens (tertiary/aromatic N) is 2. The van der Waals surface area contributed by atoms with Crippen LogP contribution in [0.4, 0.5) is 0 Å². The first kappa shape index (κ1) is 26.7. The monoisotopic (exact) mass is 543 g/mol. The lowest BCUT2D eigenvalue weighted by atomic mass is 9.76. The molecular formula is C35H33N3O3. The summed E-state index contributed by atoms with van der Waals surface area (Å²) >= 11 is 0. The quantitative estimate of drug-likeness (QED) is 0.144. The third-order valence-electron chi connectivity index (χ3n) is 8.05. The van der Waals surface area contributed by atoms with Gasteiger partial charge in [0.25, 0.3) is 0 Å². The Balaban J connectivity index is 1.56. The number of imidazole rings is 1. The number of esters is 1. The number of ether oxygens (including phenoxy) is 1. The first-order valence-electron chi connectivity index (χ1n) is 13.8. The molecule has 6 rings (SSSR count). The molecule has 1 saturated heterocycles. The molecule has 5 aromatic rings. The Hall–Kier alpha value is -4.52. The number of benzene rings is 4. The minimum Gasteiger partial charge on any atom is -0.468 e. The van der Waals surface area contributed by atoms with Gasteiger partial charge in [-0.1, -0.05) is 121 Å². The van der Waals surface area contributed by atoms with Crippen LogP contribution in [0.5, 0.6) is 0 Å². The van der Waals surface area contributed by atoms with Gasteiger partial charge in [0, 0.05) is 12.6 Å². The Morgan fingerprint density at radius 3 is 1.78 bits per heavy atom. The van der Waals surface area contributed by atoms with Gasteiger partial charge in [-0.15, -0.1) is 0 Å². The third kappa shape index (κ3) is 4.55. The Morgan fingerprint density at radius 1 is 0.878 bits per heavy atom. The van der Waals surface area contributed by atoms with Crippen LogP contribution in [0.15, 0.2) is 128 Å². The van der Waals surface area contributed by atoms with E-state index in [2.05, 4.69) is 46.3 Å². The molecule has 206 valence electrons. The van der Waals surface area contributed by atoms with Gasteiger partial charge in [0.1, 0.15) is 23.0 Å². The van der Waals surface area contributed by atoms with Crippen LogP contribution in [-0.4, -0.2) is 33.3 Å². The van der Waals surface area contributed by atoms with Crippen LogP contribution < -0.4 is 5.32 Å². The second-order valence-electron chi connectivity index (χ2n) is 10.6. The predicted octanol–water partition coefficient (Wildman–Crippen LogP) is 5.58. The molecule has 2 heterocycles. The van der Waals surface area contributed by atoms with Gasteiger partial charge < -0.3 is 14.4 Å². The summed E-state index contributed by atoms with van der Waals surface area (Å²) in [5, 5.41) is 14.5. The summed E-state index contributed by atoms with van der Waals surface area (Å²) in [6.07, 6.45) is 1.42. The summed E-state index contributed by atoms with van der Waals surface area (Å²) in [7, 11) is 1.41. The molecule has 0 saturated carbocycles. The van der Waals surface area contributed by atoms with Crippen molar-refractivity contribution in [1.29, 1.82) is 0 Å². The van der Waals surface area contributed by atoms with E-state index in [9.17, 15) is 9.90 Å². The van der Waals surface area contributed by atoms with Gasteiger partial charge in [0.15, 0.2) is 0 Å². The highest BCUT2D eigenvalue weighted by Gasteiger charge is 2.61. The van der Waals surface area contributed by atoms with Crippen molar-refractivity contribution in [2.24, 2.45) is 0 Å². The molecule has 6 nitrogen and oxygen atoms in total. The van der Waals surface area contributed by atoms with E-state index < -0.39 is 17.2 Å². The highest BCUT2D eigenvalue weighted by atomic mass is 16.5. The molecule has 2 unspecified atom stereocenters. The molecule has 6 heteroatoms. The van der Waals surface area contributed by atoms with Crippen LogP contribution >= 0.6 is 0 Å². The zero-order valence-corrected chi connectivity index (χ0v) is 23.1. The molecule has 0 bridgehead atoms. The molecule has 0 aliphatic carbocycles. The van der Waals surface area contributed by atoms with Crippen molar-refractivity contribution in [1.82, 2.24) is 14.9 Å². The van der Waals surface area contributed by atoms with E-state index in [4.69, 9.17) is 9.72 Å². The number of aliphatic hydroxyl groups is 1. The van der Waals surface area contributed by atoms with Gasteiger partial charge in [-0.3, -0.25) is 5.32 Å². The Morgan fingerprint density at radius 2 is 1.34 bits per heavy atom. The molecular weight excluding hydrogens is 510 g/mol. The molecule has 1 fully saturated rings. The van der Waals surface area contributed by atoms with Crippen LogP contribution in [-0.2, 0) is 21.5 Å². The van der Waals surface area contributed by atoms with Crippen molar-refractivity contribution < 1.29 is 14.6 Å². The molecule has 0 spiro atoms. The number of hydrogen-bond acceptors (Lipinski definition) is 5. The topological polar surface area (TPSA) is 86.3 Å². The number of aromatic nitrogens is 2. The van der Waals surface area contributed by atoms with Crippen molar-refractivity contribution in [3.63, 3.8) is 0 Å². The average molecular weight is 544 g/mol. The second kappa shape index (κ2) is 10.8. The summed E-state index contributed by atoms with van der Waals surface area (Å²) < 4.78 is 7.36. The maximum atomic E-state index is 13.2. The normalized spacial score (nSPS) is 19.0. The van der Waals surface area contributed by atoms with E-state index >= 15 is 0 Å². The third-order valence-corrected chi connectivity index (χ3v) is 8.05. The number of rotatable bonds is 9. The molecule has 1 aromatic heterocycles. The summed E-state index contributed by atoms with van der Waals surface area (Å²) in [6, 6.07) is 40.5. The minimum atomic E-state index is -0.944. The predicted molar refractivity (Wildman–Crippen MR) is 158 cm³/mol. The smallest absolute Gasteiger partial charge is 0.328 e. The van der Waals surface area contributed by atoms with Crippen molar-refractivity contribution in [3.8, 4) is 0 Å². The summed E-state index contributed by atoms with van der Waals surface area (Å²) in [6.45, 7) is 1.73. The summed E-state index contributed by atoms with van der Waals surface area (Å²) in [5.74, 6) is 0.174. The number of aliphatic hydroxyl groups excluding tert-OH is 1. The number of methoxy groups -OCH3 is 1. The van der Waals surface area contributed by atoms with E-state index in [1.165, 1.54) is 7.11 Å². The molecule has 2 N–H and O–H groups in total. The summed E-state index contributed by atoms with van der Waals surface area (Å²) in [4.78, 5) is 18.2. The first-order chi connectivity index (χ1) is 20.0. The molecule has 0 amide bonds. The van der Waals surface area contributed by atoms with Crippen molar-refractivity contribution in [3.05, 3.63) is 161 Å². The number of nitrogens with one attached hydrogen (secondary N) is 1. The zero-order valence-electron chi connectivity index (χ0n) is 23.1. The second-order valence-corrected chi connectivity index (χ2v) is 10.6. The highest BCUT2D eigenvalue weighted by Crippen LogP contribution is 2.46. The Labute approximate surface area is 240 Å². The van der Waals surface area contributed by atoms with Crippen molar-refractivity contribution in [2.45, 2.75) is 36.6 Å². The van der Waals surface area contributed by atoms with Crippen LogP contribution in [0.2, 0.25) is 0 Å². The lowest BCUT2D eigenvalue weighted by molar-refractivity contribution is -0.143. The minimum absolute atomic E-state index is 0.196. The van der Waals surface area contributed by atoms with Crippen molar-refractivity contribution in [2.75, 3.05) is 7.11 Å². The fraction of sp³-hybridized carbons (Fsp3) is 0.200. The number of carbonyl (C=O) groups excluding carboxylic acids is 1. The lowest BCUT2D eigenvalue weighted by Crippen LogP contribution is -2.39. The Bertz CT molecular complexity index is 1520. The lowest BCUT2D eigenvalue weighted by Gasteiger charge is -2.39. The van der Waals surface area contributed by atoms with Gasteiger partial charge >= 0.3 is 5.97 Å². The van der Waals surface area contributed by atoms with Crippen LogP contribution in [0, 0.1) is 0 Å². The van der Waals surface area contributed by atoms with Crippen LogP contribution in [0.1, 0.15) is 52.8 Å². The van der Waals surface area contributed by atoms with E-state index in [0.717, 1.165) is 22.3 Å². The van der Waals surface area contributed by atoms with Gasteiger partial charge in [-0.2, -0.15) is 0 Å². The van der Waals surface area contributed by atoms with E-state index in [0.29, 0.717) is 17.9 Å². The molecule has 1 aliphatic heterocycles. The molecule has 4 aromatic carbocycles. The van der Waals surface area contributed by atoms with Gasteiger partial charge in [-0.05, 0) is 29.2 Å². The SMILES string of the molecule is COC(=O)[C@]1(Cc2cn(C(c3ccccc3)(c3ccccc3)c3ccccc3)c(C(C)O)n2)NC1c1ccccc1. The van der Waals surface area contributed by atoms with Gasteiger partial charge in [-0.25, -0.2) is 9.78 Å². The molecule has 3 atom stereocenters. The number of carbonyl (C=O) groups is 1. The number of hydrogen-bond donors (Lipinski definition) is 2. The molecule has 1 aliphatic rings. The zero-order chi connectivity index (χ0) is 28.5. The Kier molecular flexibility index (Phi) is 7.03. The fourth-order valence-electron chi connectivity index (χ4n) is 6.15. The molecule has 0 radical (unpaired) electrons. The summed E-state index contributed by atoms with van der Waals surface area (Å²) in [5.41, 5.74) is 2.99. The average Bonchev–Trinajstić information content (AvgIpc) is 3.61. The maximum absolute atomic E-state index is 13.2. The van der Waals surface area contributed by atoms with Crippen molar-refractivity contribution >= 4 is 5.97 Å². The van der Waals surface area contributed by atoms with Crippen LogP contribution in [0.3, 0.4) is 0 Å². The van der Waals surface area contributed by atoms with E-state index in [-0.39, 0.29) is 12.0 Å².